The molecule has 1 amide bonds. The summed E-state index contributed by atoms with van der Waals surface area (Å²) in [5.41, 5.74) is 0.176. The number of nitrogens with zero attached hydrogens (tertiary/aromatic N) is 2. The van der Waals surface area contributed by atoms with Crippen molar-refractivity contribution in [3.8, 4) is 6.07 Å². The van der Waals surface area contributed by atoms with Crippen LogP contribution in [0.1, 0.15) is 42.6 Å². The first-order valence-corrected chi connectivity index (χ1v) is 11.4. The van der Waals surface area contributed by atoms with E-state index in [0.29, 0.717) is 12.8 Å². The van der Waals surface area contributed by atoms with E-state index in [2.05, 4.69) is 21.3 Å². The second-order valence-corrected chi connectivity index (χ2v) is 9.89. The van der Waals surface area contributed by atoms with Crippen LogP contribution in [0, 0.1) is 11.3 Å². The van der Waals surface area contributed by atoms with Gasteiger partial charge in [0.15, 0.2) is 0 Å². The Labute approximate surface area is 174 Å². The van der Waals surface area contributed by atoms with Gasteiger partial charge < -0.3 is 15.2 Å². The van der Waals surface area contributed by atoms with Gasteiger partial charge in [0.2, 0.25) is 9.84 Å². The van der Waals surface area contributed by atoms with Crippen molar-refractivity contribution in [2.24, 2.45) is 0 Å². The molecule has 0 bridgehead atoms. The van der Waals surface area contributed by atoms with E-state index >= 15 is 0 Å². The van der Waals surface area contributed by atoms with Gasteiger partial charge in [0.05, 0.1) is 20.9 Å². The first-order chi connectivity index (χ1) is 13.8. The molecule has 9 heteroatoms. The molecule has 7 nitrogen and oxygen atoms in total. The Morgan fingerprint density at radius 3 is 2.55 bits per heavy atom. The molecular weight excluding hydrogens is 412 g/mol. The van der Waals surface area contributed by atoms with Gasteiger partial charge in [0.25, 0.3) is 5.91 Å². The fourth-order valence-corrected chi connectivity index (χ4v) is 5.30. The second kappa shape index (κ2) is 7.39. The number of H-pyrrole nitrogens is 1. The molecule has 2 aliphatic rings. The van der Waals surface area contributed by atoms with E-state index in [-0.39, 0.29) is 20.5 Å². The molecule has 152 valence electrons. The third kappa shape index (κ3) is 3.85. The Balaban J connectivity index is 1.56. The first kappa shape index (κ1) is 19.8. The molecule has 2 N–H and O–H groups in total. The number of hydrogen-bond donors (Lipinski definition) is 2. The van der Waals surface area contributed by atoms with E-state index in [1.54, 1.807) is 12.1 Å². The topological polar surface area (TPSA) is 106 Å². The summed E-state index contributed by atoms with van der Waals surface area (Å²) < 4.78 is 26.1. The van der Waals surface area contributed by atoms with E-state index in [0.717, 1.165) is 31.6 Å². The lowest BCUT2D eigenvalue weighted by Gasteiger charge is -2.29. The number of anilines is 1. The largest absolute Gasteiger partial charge is 0.371 e. The number of carbonyl (C=O) groups excluding carboxylic acids is 1. The Morgan fingerprint density at radius 1 is 1.21 bits per heavy atom. The minimum atomic E-state index is -3.89. The van der Waals surface area contributed by atoms with Gasteiger partial charge >= 0.3 is 0 Å². The zero-order valence-corrected chi connectivity index (χ0v) is 17.3. The Morgan fingerprint density at radius 2 is 1.93 bits per heavy atom. The second-order valence-electron chi connectivity index (χ2n) is 7.56. The van der Waals surface area contributed by atoms with Gasteiger partial charge in [-0.2, -0.15) is 5.26 Å². The number of amides is 1. The molecule has 2 heterocycles. The molecule has 1 aliphatic carbocycles. The van der Waals surface area contributed by atoms with Crippen LogP contribution in [-0.4, -0.2) is 37.9 Å². The van der Waals surface area contributed by atoms with Crippen molar-refractivity contribution >= 4 is 33.0 Å². The summed E-state index contributed by atoms with van der Waals surface area (Å²) in [5, 5.41) is 11.9. The fraction of sp³-hybridized carbons (Fsp3) is 0.400. The number of nitriles is 1. The van der Waals surface area contributed by atoms with Crippen LogP contribution in [0.5, 0.6) is 0 Å². The van der Waals surface area contributed by atoms with Crippen molar-refractivity contribution in [1.29, 1.82) is 5.26 Å². The molecule has 0 radical (unpaired) electrons. The fourth-order valence-electron chi connectivity index (χ4n) is 3.52. The van der Waals surface area contributed by atoms with Gasteiger partial charge in [-0.05, 0) is 56.4 Å². The summed E-state index contributed by atoms with van der Waals surface area (Å²) in [6, 6.07) is 8.31. The average molecular weight is 433 g/mol. The average Bonchev–Trinajstić information content (AvgIpc) is 3.30. The van der Waals surface area contributed by atoms with Crippen LogP contribution in [0.4, 0.5) is 5.69 Å². The molecule has 0 unspecified atom stereocenters. The molecule has 29 heavy (non-hydrogen) atoms. The summed E-state index contributed by atoms with van der Waals surface area (Å²) in [6.07, 6.45) is 5.89. The molecule has 1 saturated heterocycles. The Kier molecular flexibility index (Phi) is 5.05. The normalized spacial score (nSPS) is 18.1. The maximum atomic E-state index is 13.0. The number of rotatable bonds is 5. The predicted octanol–water partition coefficient (Wildman–Crippen LogP) is 3.28. The van der Waals surface area contributed by atoms with E-state index < -0.39 is 21.3 Å². The number of sulfone groups is 1. The lowest BCUT2D eigenvalue weighted by molar-refractivity contribution is 0.0937. The molecule has 0 atom stereocenters. The molecule has 1 saturated carbocycles. The van der Waals surface area contributed by atoms with E-state index in [4.69, 9.17) is 16.9 Å². The lowest BCUT2D eigenvalue weighted by atomic mass is 10.1. The van der Waals surface area contributed by atoms with Gasteiger partial charge in [0.1, 0.15) is 11.2 Å². The smallest absolute Gasteiger partial charge is 0.268 e. The number of nitrogens with one attached hydrogen (secondary N) is 2. The summed E-state index contributed by atoms with van der Waals surface area (Å²) in [5.74, 6) is -0.503. The van der Waals surface area contributed by atoms with Crippen LogP contribution in [0.2, 0.25) is 5.02 Å². The lowest BCUT2D eigenvalue weighted by Crippen LogP contribution is -2.35. The van der Waals surface area contributed by atoms with Crippen LogP contribution >= 0.6 is 11.6 Å². The maximum Gasteiger partial charge on any atom is 0.268 e. The minimum Gasteiger partial charge on any atom is -0.371 e. The van der Waals surface area contributed by atoms with E-state index in [1.165, 1.54) is 24.8 Å². The number of hydrogen-bond acceptors (Lipinski definition) is 5. The highest BCUT2D eigenvalue weighted by atomic mass is 35.5. The van der Waals surface area contributed by atoms with E-state index in [1.807, 2.05) is 0 Å². The maximum absolute atomic E-state index is 13.0. The van der Waals surface area contributed by atoms with Gasteiger partial charge in [-0.1, -0.05) is 11.6 Å². The van der Waals surface area contributed by atoms with Crippen LogP contribution < -0.4 is 10.2 Å². The quantitative estimate of drug-likeness (QED) is 0.754. The third-order valence-electron chi connectivity index (χ3n) is 5.45. The monoisotopic (exact) mass is 432 g/mol. The van der Waals surface area contributed by atoms with Crippen LogP contribution in [0.25, 0.3) is 0 Å². The summed E-state index contributed by atoms with van der Waals surface area (Å²) in [4.78, 5) is 17.1. The summed E-state index contributed by atoms with van der Waals surface area (Å²) in [6.45, 7) is 1.87. The summed E-state index contributed by atoms with van der Waals surface area (Å²) in [7, 11) is -3.89. The number of aromatic nitrogens is 1. The van der Waals surface area contributed by atoms with Gasteiger partial charge in [0, 0.05) is 25.0 Å². The van der Waals surface area contributed by atoms with Crippen LogP contribution in [-0.2, 0) is 9.84 Å². The number of benzene rings is 1. The highest BCUT2D eigenvalue weighted by molar-refractivity contribution is 7.91. The Hall–Kier alpha value is -2.50. The van der Waals surface area contributed by atoms with Crippen molar-refractivity contribution in [3.63, 3.8) is 0 Å². The predicted molar refractivity (Wildman–Crippen MR) is 109 cm³/mol. The zero-order chi connectivity index (χ0) is 20.6. The van der Waals surface area contributed by atoms with Gasteiger partial charge in [-0.15, -0.1) is 0 Å². The molecule has 1 aromatic carbocycles. The molecule has 2 aromatic rings. The molecule has 2 fully saturated rings. The number of halogens is 1. The number of piperidine rings is 1. The number of aromatic amines is 1. The Bertz CT molecular complexity index is 1090. The highest BCUT2D eigenvalue weighted by Crippen LogP contribution is 2.35. The van der Waals surface area contributed by atoms with Gasteiger partial charge in [-0.3, -0.25) is 4.79 Å². The standard InChI is InChI=1S/C20H21ClN4O3S/c21-16-10-14(25-8-2-1-3-9-25)4-5-18(16)29(27,28)15-11-17(23-12-15)19(26)24-20(13-22)6-7-20/h4-5,10-12,23H,1-3,6-9H2,(H,24,26). The minimum absolute atomic E-state index is 0.00146. The highest BCUT2D eigenvalue weighted by Gasteiger charge is 2.45. The van der Waals surface area contributed by atoms with Gasteiger partial charge in [-0.25, -0.2) is 8.42 Å². The van der Waals surface area contributed by atoms with Crippen molar-refractivity contribution < 1.29 is 13.2 Å². The van der Waals surface area contributed by atoms with Crippen molar-refractivity contribution in [3.05, 3.63) is 41.2 Å². The van der Waals surface area contributed by atoms with Crippen molar-refractivity contribution in [2.75, 3.05) is 18.0 Å². The summed E-state index contributed by atoms with van der Waals surface area (Å²) >= 11 is 6.34. The van der Waals surface area contributed by atoms with Crippen molar-refractivity contribution in [1.82, 2.24) is 10.3 Å². The van der Waals surface area contributed by atoms with Crippen LogP contribution in [0.15, 0.2) is 40.3 Å². The van der Waals surface area contributed by atoms with E-state index in [9.17, 15) is 13.2 Å². The first-order valence-electron chi connectivity index (χ1n) is 9.56. The third-order valence-corrected chi connectivity index (χ3v) is 7.67. The van der Waals surface area contributed by atoms with Crippen molar-refractivity contribution in [2.45, 2.75) is 47.4 Å². The van der Waals surface area contributed by atoms with Crippen LogP contribution in [0.3, 0.4) is 0 Å². The molecular formula is C20H21ClN4O3S. The molecule has 1 aromatic heterocycles. The zero-order valence-electron chi connectivity index (χ0n) is 15.7. The number of carbonyl (C=O) groups is 1. The molecule has 4 rings (SSSR count). The SMILES string of the molecule is N#CC1(NC(=O)c2cc(S(=O)(=O)c3ccc(N4CCCCC4)cc3Cl)c[nH]2)CC1. The molecule has 1 aliphatic heterocycles. The molecule has 0 spiro atoms.